The Hall–Kier alpha value is -2.55. The van der Waals surface area contributed by atoms with Gasteiger partial charge in [0, 0.05) is 13.0 Å². The number of rotatable bonds is 10. The summed E-state index contributed by atoms with van der Waals surface area (Å²) in [5.41, 5.74) is 1.01. The van der Waals surface area contributed by atoms with Crippen molar-refractivity contribution < 1.29 is 33.6 Å². The second kappa shape index (κ2) is 10.5. The van der Waals surface area contributed by atoms with Crippen LogP contribution < -0.4 is 19.7 Å². The number of carbonyl (C=O) groups excluding carboxylic acids is 1. The van der Waals surface area contributed by atoms with Gasteiger partial charge in [0.1, 0.15) is 18.8 Å². The minimum Gasteiger partial charge on any atom is -0.467 e. The second-order valence-corrected chi connectivity index (χ2v) is 7.76. The third-order valence-corrected chi connectivity index (χ3v) is 5.55. The van der Waals surface area contributed by atoms with Crippen LogP contribution in [0, 0.1) is 0 Å². The Balaban J connectivity index is 1.28. The monoisotopic (exact) mass is 417 g/mol. The summed E-state index contributed by atoms with van der Waals surface area (Å²) >= 11 is 0. The summed E-state index contributed by atoms with van der Waals surface area (Å²) in [6.07, 6.45) is 2.74. The Kier molecular flexibility index (Phi) is 7.23. The highest BCUT2D eigenvalue weighted by atomic mass is 16.7. The molecule has 0 saturated carbocycles. The molecule has 0 aliphatic carbocycles. The van der Waals surface area contributed by atoms with Gasteiger partial charge < -0.3 is 33.7 Å². The number of furan rings is 1. The van der Waals surface area contributed by atoms with E-state index in [0.29, 0.717) is 19.6 Å². The Bertz CT molecular complexity index is 805. The summed E-state index contributed by atoms with van der Waals surface area (Å²) in [6.45, 7) is 7.62. The van der Waals surface area contributed by atoms with Crippen molar-refractivity contribution in [2.24, 2.45) is 0 Å². The van der Waals surface area contributed by atoms with Crippen molar-refractivity contribution >= 4 is 5.91 Å². The fourth-order valence-electron chi connectivity index (χ4n) is 3.84. The van der Waals surface area contributed by atoms with Gasteiger partial charge in [0.25, 0.3) is 5.91 Å². The quantitative estimate of drug-likeness (QED) is 0.505. The standard InChI is InChI=1S/C22H29N3O5/c26-22(14-23-6-2-7-24-8-11-27-12-9-24)25(16-19-3-1-10-28-19)15-18-4-5-20-21(13-18)30-17-29-20/h1,3-5,10,13,23H,2,6-9,11-12,14-17H2/p+2. The van der Waals surface area contributed by atoms with Crippen molar-refractivity contribution in [1.82, 2.24) is 4.90 Å². The molecule has 0 spiro atoms. The number of ether oxygens (including phenoxy) is 3. The summed E-state index contributed by atoms with van der Waals surface area (Å²) in [6, 6.07) is 9.56. The van der Waals surface area contributed by atoms with Crippen LogP contribution in [0.5, 0.6) is 11.5 Å². The number of fused-ring (bicyclic) bond motifs is 1. The van der Waals surface area contributed by atoms with Crippen LogP contribution in [0.3, 0.4) is 0 Å². The van der Waals surface area contributed by atoms with Crippen LogP contribution in [0.25, 0.3) is 0 Å². The number of carbonyl (C=O) groups is 1. The zero-order valence-electron chi connectivity index (χ0n) is 17.3. The molecule has 3 heterocycles. The third kappa shape index (κ3) is 5.75. The zero-order chi connectivity index (χ0) is 20.6. The van der Waals surface area contributed by atoms with Crippen molar-refractivity contribution in [1.29, 1.82) is 0 Å². The van der Waals surface area contributed by atoms with E-state index in [1.165, 1.54) is 0 Å². The predicted molar refractivity (Wildman–Crippen MR) is 108 cm³/mol. The average molecular weight is 418 g/mol. The molecule has 1 amide bonds. The molecule has 2 aliphatic heterocycles. The molecule has 0 unspecified atom stereocenters. The van der Waals surface area contributed by atoms with Crippen molar-refractivity contribution in [2.75, 3.05) is 52.7 Å². The Morgan fingerprint density at radius 2 is 1.97 bits per heavy atom. The molecule has 1 fully saturated rings. The Morgan fingerprint density at radius 3 is 2.80 bits per heavy atom. The van der Waals surface area contributed by atoms with Crippen molar-refractivity contribution in [3.05, 3.63) is 47.9 Å². The van der Waals surface area contributed by atoms with Crippen LogP contribution in [0.1, 0.15) is 17.7 Å². The number of nitrogens with zero attached hydrogens (tertiary/aromatic N) is 1. The van der Waals surface area contributed by atoms with Gasteiger partial charge in [-0.1, -0.05) is 6.07 Å². The molecule has 4 rings (SSSR count). The van der Waals surface area contributed by atoms with Gasteiger partial charge in [0.15, 0.2) is 18.0 Å². The van der Waals surface area contributed by atoms with Gasteiger partial charge in [0.2, 0.25) is 6.79 Å². The minimum absolute atomic E-state index is 0.0998. The van der Waals surface area contributed by atoms with Crippen LogP contribution in [0.15, 0.2) is 41.0 Å². The average Bonchev–Trinajstić information content (AvgIpc) is 3.45. The number of amides is 1. The molecule has 1 saturated heterocycles. The van der Waals surface area contributed by atoms with Gasteiger partial charge in [-0.15, -0.1) is 0 Å². The predicted octanol–water partition coefficient (Wildman–Crippen LogP) is -0.594. The maximum Gasteiger partial charge on any atom is 0.278 e. The van der Waals surface area contributed by atoms with Crippen molar-refractivity contribution in [2.45, 2.75) is 19.5 Å². The summed E-state index contributed by atoms with van der Waals surface area (Å²) < 4.78 is 21.7. The van der Waals surface area contributed by atoms with Gasteiger partial charge in [-0.3, -0.25) is 4.79 Å². The smallest absolute Gasteiger partial charge is 0.278 e. The van der Waals surface area contributed by atoms with Gasteiger partial charge in [-0.25, -0.2) is 0 Å². The molecule has 8 heteroatoms. The molecule has 8 nitrogen and oxygen atoms in total. The first-order valence-electron chi connectivity index (χ1n) is 10.7. The molecule has 3 N–H and O–H groups in total. The summed E-state index contributed by atoms with van der Waals surface area (Å²) in [4.78, 5) is 16.4. The molecule has 1 aromatic heterocycles. The van der Waals surface area contributed by atoms with E-state index < -0.39 is 0 Å². The molecule has 0 atom stereocenters. The number of nitrogens with one attached hydrogen (secondary N) is 1. The van der Waals surface area contributed by atoms with E-state index in [1.54, 1.807) is 11.2 Å². The molecule has 30 heavy (non-hydrogen) atoms. The number of morpholine rings is 1. The second-order valence-electron chi connectivity index (χ2n) is 7.76. The van der Waals surface area contributed by atoms with E-state index >= 15 is 0 Å². The van der Waals surface area contributed by atoms with Crippen LogP contribution in [-0.2, 0) is 22.6 Å². The van der Waals surface area contributed by atoms with Gasteiger partial charge >= 0.3 is 0 Å². The van der Waals surface area contributed by atoms with Crippen LogP contribution in [0.2, 0.25) is 0 Å². The van der Waals surface area contributed by atoms with Crippen molar-refractivity contribution in [3.63, 3.8) is 0 Å². The number of benzene rings is 1. The van der Waals surface area contributed by atoms with Gasteiger partial charge in [0.05, 0.1) is 39.1 Å². The normalized spacial score (nSPS) is 16.0. The van der Waals surface area contributed by atoms with Crippen LogP contribution in [0.4, 0.5) is 0 Å². The molecule has 0 radical (unpaired) electrons. The van der Waals surface area contributed by atoms with E-state index in [2.05, 4.69) is 5.32 Å². The molecular weight excluding hydrogens is 386 g/mol. The fraction of sp³-hybridized carbons (Fsp3) is 0.500. The van der Waals surface area contributed by atoms with E-state index in [9.17, 15) is 4.79 Å². The van der Waals surface area contributed by atoms with Gasteiger partial charge in [-0.05, 0) is 29.8 Å². The van der Waals surface area contributed by atoms with Crippen molar-refractivity contribution in [3.8, 4) is 11.5 Å². The first kappa shape index (κ1) is 20.7. The third-order valence-electron chi connectivity index (χ3n) is 5.55. The number of hydrogen-bond acceptors (Lipinski definition) is 5. The lowest BCUT2D eigenvalue weighted by atomic mass is 10.2. The molecule has 1 aromatic carbocycles. The first-order chi connectivity index (χ1) is 14.8. The summed E-state index contributed by atoms with van der Waals surface area (Å²) in [5.74, 6) is 2.36. The summed E-state index contributed by atoms with van der Waals surface area (Å²) in [5, 5.41) is 2.11. The fourth-order valence-corrected chi connectivity index (χ4v) is 3.84. The van der Waals surface area contributed by atoms with E-state index in [1.807, 2.05) is 35.2 Å². The largest absolute Gasteiger partial charge is 0.467 e. The molecule has 0 bridgehead atoms. The molecule has 162 valence electrons. The van der Waals surface area contributed by atoms with E-state index in [-0.39, 0.29) is 12.7 Å². The Morgan fingerprint density at radius 1 is 1.10 bits per heavy atom. The van der Waals surface area contributed by atoms with E-state index in [0.717, 1.165) is 68.6 Å². The lowest BCUT2D eigenvalue weighted by Crippen LogP contribution is -3.14. The maximum absolute atomic E-state index is 12.9. The maximum atomic E-state index is 12.9. The number of hydrogen-bond donors (Lipinski definition) is 2. The lowest BCUT2D eigenvalue weighted by molar-refractivity contribution is -0.909. The highest BCUT2D eigenvalue weighted by molar-refractivity contribution is 5.77. The van der Waals surface area contributed by atoms with Crippen LogP contribution in [-0.4, -0.2) is 63.5 Å². The van der Waals surface area contributed by atoms with E-state index in [4.69, 9.17) is 18.6 Å². The molecular formula is C22H31N3O5+2. The topological polar surface area (TPSA) is 82.2 Å². The lowest BCUT2D eigenvalue weighted by Gasteiger charge is -2.23. The minimum atomic E-state index is 0.0998. The highest BCUT2D eigenvalue weighted by Gasteiger charge is 2.20. The van der Waals surface area contributed by atoms with Gasteiger partial charge in [-0.2, -0.15) is 0 Å². The highest BCUT2D eigenvalue weighted by Crippen LogP contribution is 2.32. The first-order valence-corrected chi connectivity index (χ1v) is 10.7. The summed E-state index contributed by atoms with van der Waals surface area (Å²) in [7, 11) is 0. The zero-order valence-corrected chi connectivity index (χ0v) is 17.3. The number of quaternary nitrogens is 2. The van der Waals surface area contributed by atoms with Crippen LogP contribution >= 0.6 is 0 Å². The molecule has 2 aromatic rings. The SMILES string of the molecule is O=C(C[NH2+]CCC[NH+]1CCOCC1)N(Cc1ccc2c(c1)OCO2)Cc1ccco1. The number of nitrogens with two attached hydrogens (primary N) is 1. The Labute approximate surface area is 176 Å². The molecule has 2 aliphatic rings.